The van der Waals surface area contributed by atoms with Gasteiger partial charge in [0, 0.05) is 11.5 Å². The first-order valence-electron chi connectivity index (χ1n) is 11.0. The fourth-order valence-corrected chi connectivity index (χ4v) is 4.40. The Morgan fingerprint density at radius 1 is 1.12 bits per heavy atom. The van der Waals surface area contributed by atoms with Gasteiger partial charge in [-0.25, -0.2) is 9.49 Å². The number of H-pyrrole nitrogens is 1. The molecule has 0 saturated heterocycles. The predicted octanol–water partition coefficient (Wildman–Crippen LogP) is 5.04. The lowest BCUT2D eigenvalue weighted by Crippen LogP contribution is -2.16. The van der Waals surface area contributed by atoms with Gasteiger partial charge in [-0.1, -0.05) is 35.9 Å². The number of methoxy groups -OCH3 is 1. The summed E-state index contributed by atoms with van der Waals surface area (Å²) in [5.41, 5.74) is 5.27. The normalized spacial score (nSPS) is 16.8. The second-order valence-corrected chi connectivity index (χ2v) is 8.66. The molecular weight excluding hydrogens is 433 g/mol. The van der Waals surface area contributed by atoms with Crippen molar-refractivity contribution in [1.29, 1.82) is 0 Å². The zero-order valence-corrected chi connectivity index (χ0v) is 19.1. The fourth-order valence-electron chi connectivity index (χ4n) is 4.40. The third-order valence-corrected chi connectivity index (χ3v) is 6.27. The third kappa shape index (κ3) is 4.14. The molecule has 0 unspecified atom stereocenters. The summed E-state index contributed by atoms with van der Waals surface area (Å²) < 4.78 is 20.6. The van der Waals surface area contributed by atoms with Crippen LogP contribution < -0.4 is 10.1 Å². The number of carbonyl (C=O) groups is 1. The van der Waals surface area contributed by atoms with Crippen molar-refractivity contribution in [3.05, 3.63) is 77.1 Å². The van der Waals surface area contributed by atoms with Crippen LogP contribution in [0, 0.1) is 25.6 Å². The number of amides is 1. The molecule has 34 heavy (non-hydrogen) atoms. The molecule has 1 heterocycles. The van der Waals surface area contributed by atoms with Gasteiger partial charge in [0.1, 0.15) is 11.6 Å². The number of ether oxygens (including phenoxy) is 1. The Balaban J connectivity index is 1.46. The zero-order chi connectivity index (χ0) is 23.8. The number of hydrogen-bond acceptors (Lipinski definition) is 5. The molecule has 3 aromatic carbocycles. The summed E-state index contributed by atoms with van der Waals surface area (Å²) >= 11 is 0. The molecule has 1 saturated carbocycles. The minimum atomic E-state index is -0.527. The first kappa shape index (κ1) is 21.8. The van der Waals surface area contributed by atoms with E-state index >= 15 is 4.39 Å². The van der Waals surface area contributed by atoms with E-state index in [2.05, 4.69) is 32.0 Å². The first-order valence-corrected chi connectivity index (χ1v) is 11.0. The average molecular weight is 458 g/mol. The number of aryl methyl sites for hydroxylation is 2. The number of anilines is 1. The second kappa shape index (κ2) is 8.70. The highest BCUT2D eigenvalue weighted by Crippen LogP contribution is 2.48. The molecule has 1 aliphatic carbocycles. The predicted molar refractivity (Wildman–Crippen MR) is 127 cm³/mol. The number of aromatic nitrogens is 4. The third-order valence-electron chi connectivity index (χ3n) is 6.27. The molecule has 4 aromatic rings. The fraction of sp³-hybridized carbons (Fsp3) is 0.231. The number of rotatable bonds is 6. The maximum absolute atomic E-state index is 15.2. The van der Waals surface area contributed by atoms with E-state index in [1.807, 2.05) is 50.2 Å². The molecule has 0 spiro atoms. The standard InChI is InChI=1S/C26H24FN5O2/c1-14-5-4-6-16(9-14)18-11-21(18)26(33)28-23-13-20(25-29-31-32-30-25)19(12-22(23)27)17-7-8-24(34-3)15(2)10-17/h4-10,12-13,18,21H,11H2,1-3H3,(H,28,33)(H,29,30,31,32)/t18-,21+/m0/s1. The summed E-state index contributed by atoms with van der Waals surface area (Å²) in [6.07, 6.45) is 0.749. The van der Waals surface area contributed by atoms with E-state index in [4.69, 9.17) is 4.74 Å². The molecule has 172 valence electrons. The van der Waals surface area contributed by atoms with Gasteiger partial charge in [-0.2, -0.15) is 0 Å². The molecule has 2 atom stereocenters. The van der Waals surface area contributed by atoms with Crippen molar-refractivity contribution in [2.45, 2.75) is 26.2 Å². The van der Waals surface area contributed by atoms with E-state index in [-0.39, 0.29) is 23.4 Å². The Kier molecular flexibility index (Phi) is 5.57. The quantitative estimate of drug-likeness (QED) is 0.423. The van der Waals surface area contributed by atoms with E-state index < -0.39 is 5.82 Å². The van der Waals surface area contributed by atoms with Gasteiger partial charge in [0.15, 0.2) is 5.82 Å². The molecule has 1 aliphatic rings. The van der Waals surface area contributed by atoms with Gasteiger partial charge in [0.2, 0.25) is 5.91 Å². The molecule has 5 rings (SSSR count). The number of benzene rings is 3. The number of carbonyl (C=O) groups excluding carboxylic acids is 1. The minimum absolute atomic E-state index is 0.0975. The molecule has 0 radical (unpaired) electrons. The van der Waals surface area contributed by atoms with Crippen LogP contribution in [0.4, 0.5) is 10.1 Å². The Hall–Kier alpha value is -4.07. The monoisotopic (exact) mass is 457 g/mol. The summed E-state index contributed by atoms with van der Waals surface area (Å²) in [6.45, 7) is 3.95. The summed E-state index contributed by atoms with van der Waals surface area (Å²) in [4.78, 5) is 12.9. The van der Waals surface area contributed by atoms with Crippen molar-refractivity contribution < 1.29 is 13.9 Å². The van der Waals surface area contributed by atoms with Gasteiger partial charge in [-0.05, 0) is 83.1 Å². The van der Waals surface area contributed by atoms with E-state index in [1.54, 1.807) is 13.2 Å². The van der Waals surface area contributed by atoms with E-state index in [0.717, 1.165) is 34.4 Å². The lowest BCUT2D eigenvalue weighted by molar-refractivity contribution is -0.117. The number of halogens is 1. The molecule has 7 nitrogen and oxygen atoms in total. The lowest BCUT2D eigenvalue weighted by atomic mass is 9.96. The molecule has 0 aliphatic heterocycles. The lowest BCUT2D eigenvalue weighted by Gasteiger charge is -2.14. The van der Waals surface area contributed by atoms with Crippen LogP contribution in [0.3, 0.4) is 0 Å². The van der Waals surface area contributed by atoms with Crippen LogP contribution in [0.15, 0.2) is 54.6 Å². The van der Waals surface area contributed by atoms with Gasteiger partial charge >= 0.3 is 0 Å². The average Bonchev–Trinajstić information content (AvgIpc) is 3.45. The number of nitrogens with one attached hydrogen (secondary N) is 2. The molecule has 1 fully saturated rings. The van der Waals surface area contributed by atoms with E-state index in [9.17, 15) is 4.79 Å². The summed E-state index contributed by atoms with van der Waals surface area (Å²) in [6, 6.07) is 16.7. The highest BCUT2D eigenvalue weighted by Gasteiger charge is 2.44. The molecule has 1 aromatic heterocycles. The van der Waals surface area contributed by atoms with E-state index in [0.29, 0.717) is 17.0 Å². The summed E-state index contributed by atoms with van der Waals surface area (Å²) in [5.74, 6) is 0.371. The van der Waals surface area contributed by atoms with Gasteiger partial charge < -0.3 is 10.1 Å². The van der Waals surface area contributed by atoms with Crippen LogP contribution in [0.2, 0.25) is 0 Å². The second-order valence-electron chi connectivity index (χ2n) is 8.66. The Bertz CT molecular complexity index is 1370. The number of hydrogen-bond donors (Lipinski definition) is 2. The number of nitrogens with zero attached hydrogens (tertiary/aromatic N) is 3. The Morgan fingerprint density at radius 3 is 2.68 bits per heavy atom. The first-order chi connectivity index (χ1) is 16.4. The smallest absolute Gasteiger partial charge is 0.228 e. The van der Waals surface area contributed by atoms with E-state index in [1.165, 1.54) is 6.07 Å². The van der Waals surface area contributed by atoms with Crippen molar-refractivity contribution in [3.63, 3.8) is 0 Å². The van der Waals surface area contributed by atoms with Crippen LogP contribution in [0.1, 0.15) is 29.0 Å². The van der Waals surface area contributed by atoms with Crippen molar-refractivity contribution in [2.24, 2.45) is 5.92 Å². The molecule has 8 heteroatoms. The topological polar surface area (TPSA) is 92.8 Å². The van der Waals surface area contributed by atoms with Crippen LogP contribution >= 0.6 is 0 Å². The van der Waals surface area contributed by atoms with Crippen molar-refractivity contribution in [1.82, 2.24) is 20.6 Å². The van der Waals surface area contributed by atoms with Crippen molar-refractivity contribution >= 4 is 11.6 Å². The molecule has 2 N–H and O–H groups in total. The highest BCUT2D eigenvalue weighted by atomic mass is 19.1. The Morgan fingerprint density at radius 2 is 1.97 bits per heavy atom. The Labute approximate surface area is 196 Å². The van der Waals surface area contributed by atoms with Gasteiger partial charge in [0.05, 0.1) is 12.8 Å². The number of tetrazole rings is 1. The zero-order valence-electron chi connectivity index (χ0n) is 19.1. The van der Waals surface area contributed by atoms with Gasteiger partial charge in [-0.3, -0.25) is 4.79 Å². The number of aromatic amines is 1. The largest absolute Gasteiger partial charge is 0.496 e. The molecule has 1 amide bonds. The van der Waals surface area contributed by atoms with Crippen LogP contribution in [0.5, 0.6) is 5.75 Å². The minimum Gasteiger partial charge on any atom is -0.496 e. The molecule has 0 bridgehead atoms. The van der Waals surface area contributed by atoms with Crippen LogP contribution in [-0.4, -0.2) is 33.6 Å². The van der Waals surface area contributed by atoms with Crippen LogP contribution in [0.25, 0.3) is 22.5 Å². The van der Waals surface area contributed by atoms with Crippen molar-refractivity contribution in [3.8, 4) is 28.3 Å². The van der Waals surface area contributed by atoms with Gasteiger partial charge in [-0.15, -0.1) is 5.10 Å². The summed E-state index contributed by atoms with van der Waals surface area (Å²) in [7, 11) is 1.61. The van der Waals surface area contributed by atoms with Crippen molar-refractivity contribution in [2.75, 3.05) is 12.4 Å². The SMILES string of the molecule is COc1ccc(-c2cc(F)c(NC(=O)[C@@H]3C[C@H]3c3cccc(C)c3)cc2-c2nnn[nH]2)cc1C. The maximum Gasteiger partial charge on any atom is 0.228 e. The van der Waals surface area contributed by atoms with Gasteiger partial charge in [0.25, 0.3) is 0 Å². The molecular formula is C26H24FN5O2. The summed E-state index contributed by atoms with van der Waals surface area (Å²) in [5, 5.41) is 16.8. The van der Waals surface area contributed by atoms with Crippen LogP contribution in [-0.2, 0) is 4.79 Å². The maximum atomic E-state index is 15.2. The highest BCUT2D eigenvalue weighted by molar-refractivity contribution is 5.97.